The van der Waals surface area contributed by atoms with Crippen molar-refractivity contribution in [2.24, 2.45) is 0 Å². The fourth-order valence-corrected chi connectivity index (χ4v) is 2.22. The first-order valence-corrected chi connectivity index (χ1v) is 7.27. The monoisotopic (exact) mass is 319 g/mol. The maximum atomic E-state index is 10.3. The van der Waals surface area contributed by atoms with Crippen LogP contribution >= 0.6 is 15.9 Å². The van der Waals surface area contributed by atoms with Crippen LogP contribution in [-0.2, 0) is 12.8 Å². The third kappa shape index (κ3) is 3.64. The second kappa shape index (κ2) is 6.31. The Morgan fingerprint density at radius 1 is 1.26 bits per heavy atom. The highest BCUT2D eigenvalue weighted by atomic mass is 79.9. The second-order valence-corrected chi connectivity index (χ2v) is 5.59. The van der Waals surface area contributed by atoms with Gasteiger partial charge in [-0.15, -0.1) is 0 Å². The van der Waals surface area contributed by atoms with Crippen LogP contribution in [0.15, 0.2) is 41.0 Å². The third-order valence-electron chi connectivity index (χ3n) is 3.26. The lowest BCUT2D eigenvalue weighted by Crippen LogP contribution is -2.04. The van der Waals surface area contributed by atoms with Gasteiger partial charge in [-0.05, 0) is 42.2 Å². The average Bonchev–Trinajstić information content (AvgIpc) is 2.42. The van der Waals surface area contributed by atoms with Crippen LogP contribution < -0.4 is 0 Å². The number of rotatable bonds is 4. The zero-order chi connectivity index (χ0) is 13.8. The molecule has 0 saturated heterocycles. The first-order chi connectivity index (χ1) is 9.10. The highest BCUT2D eigenvalue weighted by Crippen LogP contribution is 2.23. The highest BCUT2D eigenvalue weighted by Gasteiger charge is 2.10. The van der Waals surface area contributed by atoms with Crippen molar-refractivity contribution in [2.75, 3.05) is 0 Å². The Morgan fingerprint density at radius 2 is 2.05 bits per heavy atom. The number of pyridine rings is 1. The number of hydrogen-bond donors (Lipinski definition) is 1. The molecular formula is C16H18BrNO. The summed E-state index contributed by atoms with van der Waals surface area (Å²) in [7, 11) is 0. The summed E-state index contributed by atoms with van der Waals surface area (Å²) in [6, 6.07) is 9.99. The maximum Gasteiger partial charge on any atom is 0.0845 e. The van der Waals surface area contributed by atoms with Crippen LogP contribution in [0, 0.1) is 6.92 Å². The molecule has 0 radical (unpaired) electrons. The Balaban J connectivity index is 2.10. The fourth-order valence-electron chi connectivity index (χ4n) is 1.98. The predicted molar refractivity (Wildman–Crippen MR) is 81.2 cm³/mol. The second-order valence-electron chi connectivity index (χ2n) is 4.74. The minimum atomic E-state index is -0.508. The van der Waals surface area contributed by atoms with E-state index in [-0.39, 0.29) is 0 Å². The van der Waals surface area contributed by atoms with Gasteiger partial charge in [0.05, 0.1) is 6.10 Å². The lowest BCUT2D eigenvalue weighted by molar-refractivity contribution is 0.177. The first-order valence-electron chi connectivity index (χ1n) is 6.48. The molecule has 1 atom stereocenters. The van der Waals surface area contributed by atoms with Crippen molar-refractivity contribution in [1.82, 2.24) is 4.98 Å². The van der Waals surface area contributed by atoms with Gasteiger partial charge < -0.3 is 5.11 Å². The standard InChI is InChI=1S/C16H18BrNO/c1-3-12-4-6-14(18-10-12)9-16(19)13-5-7-15(17)11(2)8-13/h4-8,10,16,19H,3,9H2,1-2H3. The number of benzene rings is 1. The first kappa shape index (κ1) is 14.2. The van der Waals surface area contributed by atoms with Crippen LogP contribution in [0.25, 0.3) is 0 Å². The van der Waals surface area contributed by atoms with Gasteiger partial charge >= 0.3 is 0 Å². The molecule has 1 unspecified atom stereocenters. The SMILES string of the molecule is CCc1ccc(CC(O)c2ccc(Br)c(C)c2)nc1. The molecule has 2 aromatic rings. The van der Waals surface area contributed by atoms with E-state index in [2.05, 4.69) is 33.9 Å². The number of aryl methyl sites for hydroxylation is 2. The van der Waals surface area contributed by atoms with Gasteiger partial charge in [-0.1, -0.05) is 41.1 Å². The normalized spacial score (nSPS) is 12.4. The molecule has 0 aliphatic rings. The summed E-state index contributed by atoms with van der Waals surface area (Å²) in [4.78, 5) is 4.39. The van der Waals surface area contributed by atoms with E-state index in [9.17, 15) is 5.11 Å². The Hall–Kier alpha value is -1.19. The molecular weight excluding hydrogens is 302 g/mol. The number of aromatic nitrogens is 1. The number of nitrogens with zero attached hydrogens (tertiary/aromatic N) is 1. The number of aliphatic hydroxyl groups is 1. The van der Waals surface area contributed by atoms with Gasteiger partial charge in [0, 0.05) is 22.8 Å². The fraction of sp³-hybridized carbons (Fsp3) is 0.312. The zero-order valence-corrected chi connectivity index (χ0v) is 12.8. The molecule has 1 N–H and O–H groups in total. The lowest BCUT2D eigenvalue weighted by Gasteiger charge is -2.12. The van der Waals surface area contributed by atoms with Crippen molar-refractivity contribution in [3.05, 3.63) is 63.4 Å². The molecule has 1 heterocycles. The van der Waals surface area contributed by atoms with E-state index in [0.717, 1.165) is 27.7 Å². The molecule has 2 nitrogen and oxygen atoms in total. The van der Waals surface area contributed by atoms with Crippen LogP contribution in [0.5, 0.6) is 0 Å². The number of halogens is 1. The Kier molecular flexibility index (Phi) is 4.72. The minimum absolute atomic E-state index is 0.508. The lowest BCUT2D eigenvalue weighted by atomic mass is 10.0. The van der Waals surface area contributed by atoms with Crippen molar-refractivity contribution in [3.63, 3.8) is 0 Å². The van der Waals surface area contributed by atoms with E-state index in [0.29, 0.717) is 6.42 Å². The zero-order valence-electron chi connectivity index (χ0n) is 11.2. The van der Waals surface area contributed by atoms with Crippen LogP contribution in [0.3, 0.4) is 0 Å². The van der Waals surface area contributed by atoms with Gasteiger partial charge in [-0.2, -0.15) is 0 Å². The summed E-state index contributed by atoms with van der Waals surface area (Å²) in [5, 5.41) is 10.3. The van der Waals surface area contributed by atoms with Gasteiger partial charge in [0.2, 0.25) is 0 Å². The maximum absolute atomic E-state index is 10.3. The van der Waals surface area contributed by atoms with Crippen molar-refractivity contribution >= 4 is 15.9 Å². The summed E-state index contributed by atoms with van der Waals surface area (Å²) < 4.78 is 1.06. The quantitative estimate of drug-likeness (QED) is 0.924. The molecule has 0 aliphatic heterocycles. The molecule has 3 heteroatoms. The van der Waals surface area contributed by atoms with E-state index >= 15 is 0 Å². The van der Waals surface area contributed by atoms with E-state index in [4.69, 9.17) is 0 Å². The van der Waals surface area contributed by atoms with Crippen molar-refractivity contribution < 1.29 is 5.11 Å². The molecule has 0 bridgehead atoms. The van der Waals surface area contributed by atoms with E-state index in [1.165, 1.54) is 5.56 Å². The number of aliphatic hydroxyl groups excluding tert-OH is 1. The van der Waals surface area contributed by atoms with Crippen LogP contribution in [0.1, 0.15) is 35.4 Å². The van der Waals surface area contributed by atoms with Crippen LogP contribution in [-0.4, -0.2) is 10.1 Å². The van der Waals surface area contributed by atoms with Gasteiger partial charge in [0.15, 0.2) is 0 Å². The van der Waals surface area contributed by atoms with Gasteiger partial charge in [-0.3, -0.25) is 4.98 Å². The minimum Gasteiger partial charge on any atom is -0.388 e. The molecule has 100 valence electrons. The summed E-state index contributed by atoms with van der Waals surface area (Å²) in [6.45, 7) is 4.13. The van der Waals surface area contributed by atoms with Crippen molar-refractivity contribution in [1.29, 1.82) is 0 Å². The largest absolute Gasteiger partial charge is 0.388 e. The summed E-state index contributed by atoms with van der Waals surface area (Å²) in [5.41, 5.74) is 4.20. The summed E-state index contributed by atoms with van der Waals surface area (Å²) in [5.74, 6) is 0. The van der Waals surface area contributed by atoms with Gasteiger partial charge in [0.1, 0.15) is 0 Å². The van der Waals surface area contributed by atoms with Crippen LogP contribution in [0.2, 0.25) is 0 Å². The average molecular weight is 320 g/mol. The Labute approximate surface area is 122 Å². The van der Waals surface area contributed by atoms with Crippen molar-refractivity contribution in [3.8, 4) is 0 Å². The Morgan fingerprint density at radius 3 is 2.63 bits per heavy atom. The molecule has 0 aliphatic carbocycles. The molecule has 0 saturated carbocycles. The molecule has 0 amide bonds. The summed E-state index contributed by atoms with van der Waals surface area (Å²) >= 11 is 3.47. The topological polar surface area (TPSA) is 33.1 Å². The molecule has 0 spiro atoms. The van der Waals surface area contributed by atoms with Gasteiger partial charge in [0.25, 0.3) is 0 Å². The van der Waals surface area contributed by atoms with Crippen LogP contribution in [0.4, 0.5) is 0 Å². The third-order valence-corrected chi connectivity index (χ3v) is 4.15. The molecule has 1 aromatic carbocycles. The predicted octanol–water partition coefficient (Wildman–Crippen LogP) is 3.99. The van der Waals surface area contributed by atoms with E-state index in [1.807, 2.05) is 37.4 Å². The molecule has 0 fully saturated rings. The van der Waals surface area contributed by atoms with E-state index < -0.39 is 6.10 Å². The number of hydrogen-bond acceptors (Lipinski definition) is 2. The van der Waals surface area contributed by atoms with Gasteiger partial charge in [-0.25, -0.2) is 0 Å². The summed E-state index contributed by atoms with van der Waals surface area (Å²) in [6.07, 6.45) is 2.91. The Bertz CT molecular complexity index is 551. The van der Waals surface area contributed by atoms with E-state index in [1.54, 1.807) is 0 Å². The highest BCUT2D eigenvalue weighted by molar-refractivity contribution is 9.10. The molecule has 1 aromatic heterocycles. The molecule has 19 heavy (non-hydrogen) atoms. The van der Waals surface area contributed by atoms with Crippen molar-refractivity contribution in [2.45, 2.75) is 32.8 Å². The smallest absolute Gasteiger partial charge is 0.0845 e. The molecule has 2 rings (SSSR count).